The molecule has 3 rings (SSSR count). The van der Waals surface area contributed by atoms with Crippen molar-refractivity contribution in [2.45, 2.75) is 25.2 Å². The van der Waals surface area contributed by atoms with E-state index in [1.807, 2.05) is 7.05 Å². The first-order chi connectivity index (χ1) is 9.30. The fraction of sp³-hybridized carbons (Fsp3) is 0.625. The van der Waals surface area contributed by atoms with Gasteiger partial charge in [0.25, 0.3) is 0 Å². The number of rotatable bonds is 5. The summed E-state index contributed by atoms with van der Waals surface area (Å²) in [6.07, 6.45) is 2.22. The minimum Gasteiger partial charge on any atom is -0.493 e. The van der Waals surface area contributed by atoms with Crippen LogP contribution in [0.5, 0.6) is 5.75 Å². The molecule has 1 atom stereocenters. The van der Waals surface area contributed by atoms with E-state index in [4.69, 9.17) is 9.47 Å². The van der Waals surface area contributed by atoms with Gasteiger partial charge in [-0.15, -0.1) is 0 Å². The Kier molecular flexibility index (Phi) is 3.50. The third kappa shape index (κ3) is 2.05. The minimum atomic E-state index is 0.204. The maximum absolute atomic E-state index is 5.61. The van der Waals surface area contributed by atoms with E-state index in [1.165, 1.54) is 17.5 Å². The van der Waals surface area contributed by atoms with Gasteiger partial charge in [0.2, 0.25) is 0 Å². The van der Waals surface area contributed by atoms with E-state index < -0.39 is 0 Å². The van der Waals surface area contributed by atoms with Crippen LogP contribution in [0.25, 0.3) is 0 Å². The highest BCUT2D eigenvalue weighted by atomic mass is 16.5. The van der Waals surface area contributed by atoms with Gasteiger partial charge in [0.05, 0.1) is 19.8 Å². The van der Waals surface area contributed by atoms with Crippen molar-refractivity contribution < 1.29 is 9.47 Å². The number of hydrogen-bond donors (Lipinski definition) is 1. The molecule has 0 saturated carbocycles. The van der Waals surface area contributed by atoms with Gasteiger partial charge >= 0.3 is 0 Å². The van der Waals surface area contributed by atoms with Crippen LogP contribution in [0, 0.1) is 5.92 Å². The Morgan fingerprint density at radius 3 is 2.84 bits per heavy atom. The molecular formula is C16H23NO2. The van der Waals surface area contributed by atoms with Crippen molar-refractivity contribution >= 4 is 0 Å². The Bertz CT molecular complexity index is 454. The molecule has 0 amide bonds. The van der Waals surface area contributed by atoms with E-state index >= 15 is 0 Å². The summed E-state index contributed by atoms with van der Waals surface area (Å²) in [6.45, 7) is 5.86. The van der Waals surface area contributed by atoms with Gasteiger partial charge in [-0.2, -0.15) is 0 Å². The van der Waals surface area contributed by atoms with Crippen LogP contribution in [0.15, 0.2) is 18.2 Å². The summed E-state index contributed by atoms with van der Waals surface area (Å²) in [4.78, 5) is 0. The summed E-state index contributed by atoms with van der Waals surface area (Å²) in [5.41, 5.74) is 3.00. The van der Waals surface area contributed by atoms with Crippen molar-refractivity contribution in [3.8, 4) is 5.75 Å². The second-order valence-electron chi connectivity index (χ2n) is 5.73. The van der Waals surface area contributed by atoms with Crippen LogP contribution in [0.2, 0.25) is 0 Å². The lowest BCUT2D eigenvalue weighted by Crippen LogP contribution is -2.54. The molecule has 1 N–H and O–H groups in total. The van der Waals surface area contributed by atoms with Crippen LogP contribution in [-0.2, 0) is 16.6 Å². The Morgan fingerprint density at radius 1 is 1.37 bits per heavy atom. The van der Waals surface area contributed by atoms with Crippen LogP contribution in [-0.4, -0.2) is 33.4 Å². The lowest BCUT2D eigenvalue weighted by molar-refractivity contribution is -0.0910. The van der Waals surface area contributed by atoms with E-state index in [9.17, 15) is 0 Å². The Morgan fingerprint density at radius 2 is 2.21 bits per heavy atom. The van der Waals surface area contributed by atoms with Crippen LogP contribution < -0.4 is 10.1 Å². The highest BCUT2D eigenvalue weighted by Gasteiger charge is 2.46. The van der Waals surface area contributed by atoms with Crippen LogP contribution >= 0.6 is 0 Å². The molecular weight excluding hydrogens is 238 g/mol. The van der Waals surface area contributed by atoms with Crippen molar-refractivity contribution in [1.82, 2.24) is 5.32 Å². The summed E-state index contributed by atoms with van der Waals surface area (Å²) in [5, 5.41) is 3.33. The van der Waals surface area contributed by atoms with E-state index in [0.717, 1.165) is 38.5 Å². The molecule has 3 nitrogen and oxygen atoms in total. The van der Waals surface area contributed by atoms with Crippen LogP contribution in [0.1, 0.15) is 24.5 Å². The molecule has 2 heterocycles. The Labute approximate surface area is 115 Å². The molecule has 0 radical (unpaired) electrons. The molecule has 0 spiro atoms. The zero-order valence-electron chi connectivity index (χ0n) is 11.9. The van der Waals surface area contributed by atoms with Gasteiger partial charge in [0.15, 0.2) is 0 Å². The highest BCUT2D eigenvalue weighted by Crippen LogP contribution is 2.42. The second-order valence-corrected chi connectivity index (χ2v) is 5.73. The van der Waals surface area contributed by atoms with Crippen molar-refractivity contribution in [2.24, 2.45) is 5.92 Å². The fourth-order valence-electron chi connectivity index (χ4n) is 3.43. The molecule has 1 unspecified atom stereocenters. The first-order valence-corrected chi connectivity index (χ1v) is 7.28. The van der Waals surface area contributed by atoms with E-state index in [-0.39, 0.29) is 5.41 Å². The molecule has 1 aromatic carbocycles. The topological polar surface area (TPSA) is 30.5 Å². The molecule has 1 fully saturated rings. The van der Waals surface area contributed by atoms with Gasteiger partial charge in [0, 0.05) is 11.8 Å². The summed E-state index contributed by atoms with van der Waals surface area (Å²) in [7, 11) is 2.03. The normalized spacial score (nSPS) is 21.4. The lowest BCUT2D eigenvalue weighted by Gasteiger charge is -2.47. The summed E-state index contributed by atoms with van der Waals surface area (Å²) in [6, 6.07) is 6.73. The SMILES string of the molecule is CCC(CNC)C1(c2ccc3c(c2)CCO3)COC1. The average molecular weight is 261 g/mol. The van der Waals surface area contributed by atoms with Crippen molar-refractivity contribution in [1.29, 1.82) is 0 Å². The third-order valence-electron chi connectivity index (χ3n) is 4.71. The number of hydrogen-bond acceptors (Lipinski definition) is 3. The quantitative estimate of drug-likeness (QED) is 0.881. The monoisotopic (exact) mass is 261 g/mol. The molecule has 2 aliphatic rings. The largest absolute Gasteiger partial charge is 0.493 e. The van der Waals surface area contributed by atoms with Gasteiger partial charge < -0.3 is 14.8 Å². The van der Waals surface area contributed by atoms with E-state index in [2.05, 4.69) is 30.4 Å². The molecule has 0 bridgehead atoms. The van der Waals surface area contributed by atoms with Gasteiger partial charge in [-0.05, 0) is 36.7 Å². The van der Waals surface area contributed by atoms with Gasteiger partial charge in [-0.1, -0.05) is 25.5 Å². The third-order valence-corrected chi connectivity index (χ3v) is 4.71. The number of ether oxygens (including phenoxy) is 2. The fourth-order valence-corrected chi connectivity index (χ4v) is 3.43. The van der Waals surface area contributed by atoms with Crippen molar-refractivity contribution in [3.63, 3.8) is 0 Å². The lowest BCUT2D eigenvalue weighted by atomic mass is 9.67. The smallest absolute Gasteiger partial charge is 0.122 e. The average Bonchev–Trinajstić information content (AvgIpc) is 2.84. The molecule has 1 aromatic rings. The molecule has 0 aliphatic carbocycles. The summed E-state index contributed by atoms with van der Waals surface area (Å²) in [5.74, 6) is 1.70. The first-order valence-electron chi connectivity index (χ1n) is 7.28. The van der Waals surface area contributed by atoms with Crippen LogP contribution in [0.4, 0.5) is 0 Å². The predicted molar refractivity (Wildman–Crippen MR) is 75.8 cm³/mol. The molecule has 1 saturated heterocycles. The Hall–Kier alpha value is -1.06. The molecule has 2 aliphatic heterocycles. The standard InChI is InChI=1S/C16H23NO2/c1-3-13(9-17-2)16(10-18-11-16)14-4-5-15-12(8-14)6-7-19-15/h4-5,8,13,17H,3,6-7,9-11H2,1-2H3. The maximum Gasteiger partial charge on any atom is 0.122 e. The minimum absolute atomic E-state index is 0.204. The zero-order valence-corrected chi connectivity index (χ0v) is 11.9. The van der Waals surface area contributed by atoms with Gasteiger partial charge in [0.1, 0.15) is 5.75 Å². The van der Waals surface area contributed by atoms with Crippen molar-refractivity contribution in [2.75, 3.05) is 33.4 Å². The number of fused-ring (bicyclic) bond motifs is 1. The Balaban J connectivity index is 1.93. The molecule has 19 heavy (non-hydrogen) atoms. The van der Waals surface area contributed by atoms with E-state index in [1.54, 1.807) is 0 Å². The molecule has 3 heteroatoms. The zero-order chi connectivity index (χ0) is 13.3. The first kappa shape index (κ1) is 12.9. The predicted octanol–water partition coefficient (Wildman–Crippen LogP) is 2.14. The van der Waals surface area contributed by atoms with Crippen molar-refractivity contribution in [3.05, 3.63) is 29.3 Å². The highest BCUT2D eigenvalue weighted by molar-refractivity contribution is 5.43. The summed E-state index contributed by atoms with van der Waals surface area (Å²) < 4.78 is 11.2. The van der Waals surface area contributed by atoms with Gasteiger partial charge in [-0.3, -0.25) is 0 Å². The second kappa shape index (κ2) is 5.14. The van der Waals surface area contributed by atoms with E-state index in [0.29, 0.717) is 5.92 Å². The summed E-state index contributed by atoms with van der Waals surface area (Å²) >= 11 is 0. The maximum atomic E-state index is 5.61. The number of nitrogens with one attached hydrogen (secondary N) is 1. The number of benzene rings is 1. The molecule has 0 aromatic heterocycles. The van der Waals surface area contributed by atoms with Gasteiger partial charge in [-0.25, -0.2) is 0 Å². The van der Waals surface area contributed by atoms with Crippen LogP contribution in [0.3, 0.4) is 0 Å². The molecule has 104 valence electrons.